The zero-order valence-electron chi connectivity index (χ0n) is 18.0. The van der Waals surface area contributed by atoms with Gasteiger partial charge in [-0.25, -0.2) is 5.43 Å². The third kappa shape index (κ3) is 6.07. The highest BCUT2D eigenvalue weighted by atomic mass is 35.5. The van der Waals surface area contributed by atoms with Crippen molar-refractivity contribution in [2.75, 3.05) is 6.54 Å². The van der Waals surface area contributed by atoms with Gasteiger partial charge in [-0.2, -0.15) is 0 Å². The fourth-order valence-electron chi connectivity index (χ4n) is 4.13. The number of nitrogens with two attached hydrogens (primary N) is 1. The molecule has 1 aromatic heterocycles. The summed E-state index contributed by atoms with van der Waals surface area (Å²) < 4.78 is 12.3. The second kappa shape index (κ2) is 11.4. The highest BCUT2D eigenvalue weighted by Gasteiger charge is 2.28. The van der Waals surface area contributed by atoms with Crippen LogP contribution in [0.15, 0.2) is 21.7 Å². The van der Waals surface area contributed by atoms with Gasteiger partial charge in [0.25, 0.3) is 0 Å². The second-order valence-electron chi connectivity index (χ2n) is 8.43. The number of nitrogens with zero attached hydrogens (tertiary/aromatic N) is 1. The normalized spacial score (nSPS) is 16.5. The number of benzene rings is 1. The molecular formula is C22H32Cl3N3O3. The van der Waals surface area contributed by atoms with E-state index < -0.39 is 0 Å². The van der Waals surface area contributed by atoms with E-state index in [1.165, 1.54) is 11.1 Å². The van der Waals surface area contributed by atoms with E-state index in [2.05, 4.69) is 30.4 Å². The predicted molar refractivity (Wildman–Crippen MR) is 130 cm³/mol. The zero-order valence-corrected chi connectivity index (χ0v) is 20.4. The molecule has 0 saturated heterocycles. The molecule has 4 rings (SSSR count). The van der Waals surface area contributed by atoms with Crippen LogP contribution in [0, 0.1) is 0 Å². The van der Waals surface area contributed by atoms with Gasteiger partial charge in [-0.15, -0.1) is 42.3 Å². The molecule has 2 aliphatic rings. The molecule has 1 aliphatic carbocycles. The minimum atomic E-state index is -0.168. The van der Waals surface area contributed by atoms with Crippen LogP contribution in [0.25, 0.3) is 11.0 Å². The minimum Gasteiger partial charge on any atom is -0.487 e. The molecule has 0 spiro atoms. The molecule has 0 bridgehead atoms. The summed E-state index contributed by atoms with van der Waals surface area (Å²) in [5, 5.41) is 5.47. The highest BCUT2D eigenvalue weighted by Crippen LogP contribution is 2.37. The average molecular weight is 493 g/mol. The first-order chi connectivity index (χ1) is 13.5. The van der Waals surface area contributed by atoms with Crippen LogP contribution in [0.3, 0.4) is 0 Å². The van der Waals surface area contributed by atoms with Crippen LogP contribution in [-0.4, -0.2) is 18.1 Å². The van der Waals surface area contributed by atoms with Crippen molar-refractivity contribution in [3.8, 4) is 5.75 Å². The number of carbonyl (C=O) groups excluding carboxylic acids is 1. The summed E-state index contributed by atoms with van der Waals surface area (Å²) in [7, 11) is 0. The summed E-state index contributed by atoms with van der Waals surface area (Å²) in [4.78, 5) is 11.9. The number of nitrogens with one attached hydrogen (secondary N) is 1. The van der Waals surface area contributed by atoms with E-state index in [9.17, 15) is 4.79 Å². The topological polar surface area (TPSA) is 89.9 Å². The standard InChI is InChI=1S/C22H29N3O3.3ClH/c1-22(2)10-9-14-12-17-15-6-3-4-7-16(15)21(25-24-20(26)8-5-11-23)27-19(17)13-18(14)28-22;;;/h12-13H,3-11,23H2,1-2H3,(H,24,26);3*1H. The molecule has 174 valence electrons. The Balaban J connectivity index is 0.00000160. The molecule has 0 atom stereocenters. The Morgan fingerprint density at radius 3 is 2.55 bits per heavy atom. The van der Waals surface area contributed by atoms with Crippen LogP contribution in [0.1, 0.15) is 62.6 Å². The van der Waals surface area contributed by atoms with Gasteiger partial charge in [0.05, 0.1) is 0 Å². The van der Waals surface area contributed by atoms with E-state index in [4.69, 9.17) is 14.9 Å². The van der Waals surface area contributed by atoms with Crippen LogP contribution in [0.2, 0.25) is 0 Å². The van der Waals surface area contributed by atoms with Crippen molar-refractivity contribution in [3.05, 3.63) is 34.4 Å². The van der Waals surface area contributed by atoms with Crippen molar-refractivity contribution in [1.82, 2.24) is 5.43 Å². The van der Waals surface area contributed by atoms with Crippen LogP contribution >= 0.6 is 37.2 Å². The van der Waals surface area contributed by atoms with Crippen molar-refractivity contribution >= 4 is 54.1 Å². The predicted octanol–water partition coefficient (Wildman–Crippen LogP) is 4.35. The van der Waals surface area contributed by atoms with Crippen LogP contribution in [0.4, 0.5) is 0 Å². The van der Waals surface area contributed by atoms with Gasteiger partial charge in [0.1, 0.15) is 16.9 Å². The van der Waals surface area contributed by atoms with Gasteiger partial charge in [-0.05, 0) is 82.5 Å². The van der Waals surface area contributed by atoms with Gasteiger partial charge in [0.15, 0.2) is 0 Å². The monoisotopic (exact) mass is 491 g/mol. The van der Waals surface area contributed by atoms with E-state index in [1.54, 1.807) is 0 Å². The molecule has 3 N–H and O–H groups in total. The summed E-state index contributed by atoms with van der Waals surface area (Å²) >= 11 is 0. The fraction of sp³-hybridized carbons (Fsp3) is 0.545. The molecule has 6 nitrogen and oxygen atoms in total. The van der Waals surface area contributed by atoms with E-state index in [1.807, 2.05) is 6.07 Å². The molecule has 0 unspecified atom stereocenters. The van der Waals surface area contributed by atoms with Gasteiger partial charge in [0.2, 0.25) is 11.5 Å². The molecule has 31 heavy (non-hydrogen) atoms. The van der Waals surface area contributed by atoms with E-state index in [0.717, 1.165) is 60.8 Å². The smallest absolute Gasteiger partial charge is 0.240 e. The number of aryl methyl sites for hydroxylation is 2. The molecule has 9 heteroatoms. The quantitative estimate of drug-likeness (QED) is 0.621. The summed E-state index contributed by atoms with van der Waals surface area (Å²) in [5.74, 6) is 0.752. The number of fused-ring (bicyclic) bond motifs is 4. The van der Waals surface area contributed by atoms with Gasteiger partial charge in [-0.3, -0.25) is 4.79 Å². The molecule has 0 fully saturated rings. The lowest BCUT2D eigenvalue weighted by Gasteiger charge is -2.33. The van der Waals surface area contributed by atoms with Crippen molar-refractivity contribution in [2.45, 2.75) is 70.8 Å². The van der Waals surface area contributed by atoms with Gasteiger partial charge in [0, 0.05) is 23.4 Å². The van der Waals surface area contributed by atoms with Crippen molar-refractivity contribution in [2.24, 2.45) is 10.8 Å². The lowest BCUT2D eigenvalue weighted by atomic mass is 9.88. The third-order valence-corrected chi connectivity index (χ3v) is 5.69. The Bertz CT molecular complexity index is 989. The Labute approximate surface area is 201 Å². The first-order valence-corrected chi connectivity index (χ1v) is 10.3. The SMILES string of the molecule is CC1(C)CCc2cc3c4c(c(=NNC(=O)CCCN)oc3cc2O1)CCCC4.Cl.Cl.Cl. The Morgan fingerprint density at radius 2 is 1.84 bits per heavy atom. The maximum absolute atomic E-state index is 11.9. The number of amides is 1. The number of hydrogen-bond acceptors (Lipinski definition) is 5. The number of halogens is 3. The molecule has 1 aromatic carbocycles. The van der Waals surface area contributed by atoms with Gasteiger partial charge in [-0.1, -0.05) is 0 Å². The largest absolute Gasteiger partial charge is 0.487 e. The van der Waals surface area contributed by atoms with Crippen molar-refractivity contribution < 1.29 is 13.9 Å². The van der Waals surface area contributed by atoms with Crippen LogP contribution < -0.4 is 21.5 Å². The molecule has 2 aromatic rings. The van der Waals surface area contributed by atoms with E-state index in [0.29, 0.717) is 24.9 Å². The number of carbonyl (C=O) groups is 1. The second-order valence-corrected chi connectivity index (χ2v) is 8.43. The summed E-state index contributed by atoms with van der Waals surface area (Å²) in [6, 6.07) is 4.23. The average Bonchev–Trinajstić information content (AvgIpc) is 2.68. The number of hydrogen-bond donors (Lipinski definition) is 2. The lowest BCUT2D eigenvalue weighted by molar-refractivity contribution is -0.121. The number of ether oxygens (including phenoxy) is 1. The molecule has 1 aliphatic heterocycles. The summed E-state index contributed by atoms with van der Waals surface area (Å²) in [6.45, 7) is 4.72. The van der Waals surface area contributed by atoms with E-state index in [-0.39, 0.29) is 48.7 Å². The highest BCUT2D eigenvalue weighted by molar-refractivity contribution is 5.86. The molecule has 1 amide bonds. The van der Waals surface area contributed by atoms with Gasteiger partial charge < -0.3 is 14.9 Å². The Kier molecular flexibility index (Phi) is 10.1. The Morgan fingerprint density at radius 1 is 1.13 bits per heavy atom. The Hall–Kier alpha value is -1.47. The minimum absolute atomic E-state index is 0. The van der Waals surface area contributed by atoms with Gasteiger partial charge >= 0.3 is 0 Å². The summed E-state index contributed by atoms with van der Waals surface area (Å²) in [5.41, 5.74) is 12.9. The zero-order chi connectivity index (χ0) is 19.7. The fourth-order valence-corrected chi connectivity index (χ4v) is 4.13. The molecule has 0 saturated carbocycles. The number of rotatable bonds is 4. The third-order valence-electron chi connectivity index (χ3n) is 5.69. The molecule has 0 radical (unpaired) electrons. The van der Waals surface area contributed by atoms with E-state index >= 15 is 0 Å². The first kappa shape index (κ1) is 27.6. The lowest BCUT2D eigenvalue weighted by Crippen LogP contribution is -2.32. The van der Waals surface area contributed by atoms with Crippen LogP contribution in [-0.2, 0) is 24.1 Å². The molecule has 2 heterocycles. The molecular weight excluding hydrogens is 461 g/mol. The first-order valence-electron chi connectivity index (χ1n) is 10.3. The van der Waals surface area contributed by atoms with Crippen molar-refractivity contribution in [1.29, 1.82) is 0 Å². The van der Waals surface area contributed by atoms with Crippen molar-refractivity contribution in [3.63, 3.8) is 0 Å². The van der Waals surface area contributed by atoms with Crippen LogP contribution in [0.5, 0.6) is 5.75 Å². The maximum atomic E-state index is 11.9. The summed E-state index contributed by atoms with van der Waals surface area (Å²) in [6.07, 6.45) is 7.24. The maximum Gasteiger partial charge on any atom is 0.240 e.